The van der Waals surface area contributed by atoms with E-state index in [1.165, 1.54) is 55.4 Å². The summed E-state index contributed by atoms with van der Waals surface area (Å²) >= 11 is 0. The summed E-state index contributed by atoms with van der Waals surface area (Å²) in [4.78, 5) is 102. The maximum absolute atomic E-state index is 12.7. The van der Waals surface area contributed by atoms with E-state index in [9.17, 15) is 38.4 Å². The van der Waals surface area contributed by atoms with Crippen molar-refractivity contribution in [2.75, 3.05) is 0 Å². The molecule has 0 aliphatic heterocycles. The van der Waals surface area contributed by atoms with Crippen LogP contribution in [0.15, 0.2) is 24.3 Å². The minimum absolute atomic E-state index is 0.301. The molecule has 0 fully saturated rings. The van der Waals surface area contributed by atoms with E-state index in [1.807, 2.05) is 0 Å². The van der Waals surface area contributed by atoms with Crippen molar-refractivity contribution in [2.45, 2.75) is 81.1 Å². The Balaban J connectivity index is 3.44. The van der Waals surface area contributed by atoms with Crippen LogP contribution in [0.5, 0.6) is 0 Å². The predicted molar refractivity (Wildman–Crippen MR) is 132 cm³/mol. The predicted octanol–water partition coefficient (Wildman–Crippen LogP) is 3.33. The quantitative estimate of drug-likeness (QED) is 0.462. The minimum atomic E-state index is -1.54. The first-order valence-electron chi connectivity index (χ1n) is 11.9. The lowest BCUT2D eigenvalue weighted by molar-refractivity contribution is -0.141. The number of hydrogen-bond acceptors (Lipinski definition) is 8. The van der Waals surface area contributed by atoms with Crippen molar-refractivity contribution < 1.29 is 38.4 Å². The van der Waals surface area contributed by atoms with Crippen LogP contribution >= 0.6 is 0 Å². The van der Waals surface area contributed by atoms with Gasteiger partial charge in [0.15, 0.2) is 23.1 Å². The van der Waals surface area contributed by atoms with Crippen molar-refractivity contribution in [2.24, 2.45) is 21.7 Å². The van der Waals surface area contributed by atoms with Gasteiger partial charge in [0.25, 0.3) is 0 Å². The molecule has 0 aromatic carbocycles. The molecular formula is C28H36O8. The second-order valence-corrected chi connectivity index (χ2v) is 11.3. The van der Waals surface area contributed by atoms with Crippen LogP contribution in [0.2, 0.25) is 0 Å². The number of rotatable bonds is 0. The molecule has 196 valence electrons. The van der Waals surface area contributed by atoms with Gasteiger partial charge < -0.3 is 0 Å². The Kier molecular flexibility index (Phi) is 9.30. The molecule has 0 radical (unpaired) electrons. The minimum Gasteiger partial charge on any atom is -0.299 e. The van der Waals surface area contributed by atoms with Crippen LogP contribution in [0.1, 0.15) is 81.1 Å². The van der Waals surface area contributed by atoms with E-state index in [1.54, 1.807) is 0 Å². The third-order valence-corrected chi connectivity index (χ3v) is 7.18. The van der Waals surface area contributed by atoms with Gasteiger partial charge in [-0.2, -0.15) is 0 Å². The van der Waals surface area contributed by atoms with E-state index in [2.05, 4.69) is 0 Å². The summed E-state index contributed by atoms with van der Waals surface area (Å²) in [6.45, 7) is 11.0. The fraction of sp³-hybridized carbons (Fsp3) is 0.571. The van der Waals surface area contributed by atoms with Gasteiger partial charge in [-0.15, -0.1) is 0 Å². The molecule has 0 atom stereocenters. The third kappa shape index (κ3) is 6.53. The largest absolute Gasteiger partial charge is 0.299 e. The van der Waals surface area contributed by atoms with Crippen molar-refractivity contribution in [3.8, 4) is 0 Å². The van der Waals surface area contributed by atoms with Crippen LogP contribution in [0, 0.1) is 21.7 Å². The number of carbonyl (C=O) groups is 8. The number of allylic oxidation sites excluding steroid dienone is 4. The molecule has 1 aliphatic carbocycles. The monoisotopic (exact) mass is 500 g/mol. The van der Waals surface area contributed by atoms with Crippen LogP contribution in [0.3, 0.4) is 0 Å². The molecule has 0 N–H and O–H groups in total. The molecule has 8 nitrogen and oxygen atoms in total. The zero-order valence-corrected chi connectivity index (χ0v) is 22.4. The Hall–Kier alpha value is -3.16. The van der Waals surface area contributed by atoms with Gasteiger partial charge in [-0.3, -0.25) is 38.4 Å². The highest BCUT2D eigenvalue weighted by molar-refractivity contribution is 6.19. The van der Waals surface area contributed by atoms with Gasteiger partial charge in [0.05, 0.1) is 21.7 Å². The summed E-state index contributed by atoms with van der Waals surface area (Å²) in [5, 5.41) is 0. The smallest absolute Gasteiger partial charge is 0.168 e. The van der Waals surface area contributed by atoms with Gasteiger partial charge in [-0.25, -0.2) is 0 Å². The Morgan fingerprint density at radius 2 is 0.500 bits per heavy atom. The molecule has 0 unspecified atom stereocenters. The average molecular weight is 501 g/mol. The summed E-state index contributed by atoms with van der Waals surface area (Å²) in [7, 11) is 0. The Labute approximate surface area is 211 Å². The lowest BCUT2D eigenvalue weighted by Crippen LogP contribution is -2.37. The molecule has 1 rings (SSSR count). The fourth-order valence-corrected chi connectivity index (χ4v) is 3.39. The summed E-state index contributed by atoms with van der Waals surface area (Å²) < 4.78 is 0. The van der Waals surface area contributed by atoms with Crippen molar-refractivity contribution in [1.29, 1.82) is 0 Å². The molecule has 8 heteroatoms. The molecule has 0 heterocycles. The first kappa shape index (κ1) is 30.9. The zero-order valence-electron chi connectivity index (χ0n) is 22.4. The molecule has 0 bridgehead atoms. The van der Waals surface area contributed by atoms with Crippen molar-refractivity contribution in [3.63, 3.8) is 0 Å². The van der Waals surface area contributed by atoms with Crippen molar-refractivity contribution in [1.82, 2.24) is 0 Å². The Morgan fingerprint density at radius 1 is 0.361 bits per heavy atom. The number of hydrogen-bond donors (Lipinski definition) is 0. The van der Waals surface area contributed by atoms with Gasteiger partial charge in [0, 0.05) is 25.7 Å². The van der Waals surface area contributed by atoms with Gasteiger partial charge in [0.1, 0.15) is 23.1 Å². The van der Waals surface area contributed by atoms with Crippen molar-refractivity contribution >= 4 is 46.3 Å². The average Bonchev–Trinajstić information content (AvgIpc) is 2.80. The molecule has 0 amide bonds. The number of ketones is 8. The molecule has 0 aromatic heterocycles. The second-order valence-electron chi connectivity index (χ2n) is 11.3. The summed E-state index contributed by atoms with van der Waals surface area (Å²) in [5.41, 5.74) is -6.15. The maximum Gasteiger partial charge on any atom is 0.168 e. The summed E-state index contributed by atoms with van der Waals surface area (Å²) in [5.74, 6) is -4.85. The molecule has 0 aromatic rings. The number of Topliss-reactive ketones (excluding diaryl/α,β-unsaturated/α-hetero) is 4. The standard InChI is InChI=1S/C28H36O8/c1-25(2)17(29)9-11-19(31)26(3,4)21(33)13-15-23(35)28(7,8)24(36)16-14-22(34)27(5,6)20(32)12-10-18(25)30/h9,11,14,16H,10,12-13,15H2,1-8H3/b11-9-,16-14+. The van der Waals surface area contributed by atoms with Gasteiger partial charge in [0.2, 0.25) is 0 Å². The fourth-order valence-electron chi connectivity index (χ4n) is 3.39. The highest BCUT2D eigenvalue weighted by Gasteiger charge is 2.40. The van der Waals surface area contributed by atoms with Crippen LogP contribution < -0.4 is 0 Å². The second kappa shape index (κ2) is 10.8. The lowest BCUT2D eigenvalue weighted by Gasteiger charge is -2.24. The van der Waals surface area contributed by atoms with Gasteiger partial charge >= 0.3 is 0 Å². The van der Waals surface area contributed by atoms with E-state index < -0.39 is 67.9 Å². The van der Waals surface area contributed by atoms with E-state index >= 15 is 0 Å². The van der Waals surface area contributed by atoms with Gasteiger partial charge in [-0.05, 0) is 79.7 Å². The molecule has 36 heavy (non-hydrogen) atoms. The lowest BCUT2D eigenvalue weighted by atomic mass is 9.75. The van der Waals surface area contributed by atoms with E-state index in [0.29, 0.717) is 0 Å². The molecule has 0 saturated heterocycles. The van der Waals surface area contributed by atoms with Crippen LogP contribution in [-0.2, 0) is 38.4 Å². The summed E-state index contributed by atoms with van der Waals surface area (Å²) in [6.07, 6.45) is 2.57. The molecular weight excluding hydrogens is 464 g/mol. The van der Waals surface area contributed by atoms with E-state index in [0.717, 1.165) is 24.3 Å². The van der Waals surface area contributed by atoms with Crippen molar-refractivity contribution in [3.05, 3.63) is 24.3 Å². The third-order valence-electron chi connectivity index (χ3n) is 7.18. The maximum atomic E-state index is 12.7. The Bertz CT molecular complexity index is 907. The molecule has 0 spiro atoms. The highest BCUT2D eigenvalue weighted by atomic mass is 16.2. The van der Waals surface area contributed by atoms with Crippen LogP contribution in [0.4, 0.5) is 0 Å². The molecule has 1 aliphatic rings. The first-order chi connectivity index (χ1) is 16.2. The molecule has 0 saturated carbocycles. The van der Waals surface area contributed by atoms with Gasteiger partial charge in [-0.1, -0.05) is 0 Å². The Morgan fingerprint density at radius 3 is 0.639 bits per heavy atom. The number of carbonyl (C=O) groups excluding carboxylic acids is 8. The zero-order chi connectivity index (χ0) is 28.3. The normalized spacial score (nSPS) is 26.0. The van der Waals surface area contributed by atoms with Crippen LogP contribution in [0.25, 0.3) is 0 Å². The SMILES string of the molecule is CC1(C)C(=O)/C=C\C(=O)C(C)(C)C(=O)CCC(=O)C(C)(C)C(=O)/C=C/C(=O)C(C)(C)C(=O)CCC1=O. The summed E-state index contributed by atoms with van der Waals surface area (Å²) in [6, 6.07) is 0. The topological polar surface area (TPSA) is 137 Å². The van der Waals surface area contributed by atoms with Crippen LogP contribution in [-0.4, -0.2) is 46.3 Å². The van der Waals surface area contributed by atoms with E-state index in [-0.39, 0.29) is 25.7 Å². The first-order valence-corrected chi connectivity index (χ1v) is 11.9. The van der Waals surface area contributed by atoms with E-state index in [4.69, 9.17) is 0 Å². The highest BCUT2D eigenvalue weighted by Crippen LogP contribution is 2.29.